The van der Waals surface area contributed by atoms with Crippen LogP contribution in [0.5, 0.6) is 0 Å². The molecule has 3 heterocycles. The molecule has 8 heteroatoms. The van der Waals surface area contributed by atoms with Crippen molar-refractivity contribution < 1.29 is 4.79 Å². The maximum atomic E-state index is 12.9. The van der Waals surface area contributed by atoms with Gasteiger partial charge in [0.25, 0.3) is 5.91 Å². The molecule has 1 fully saturated rings. The van der Waals surface area contributed by atoms with Gasteiger partial charge < -0.3 is 9.80 Å². The molecular weight excluding hydrogens is 448 g/mol. The first-order chi connectivity index (χ1) is 16.7. The number of benzene rings is 3. The van der Waals surface area contributed by atoms with E-state index in [1.54, 1.807) is 0 Å². The maximum absolute atomic E-state index is 12.9. The molecule has 0 atom stereocenters. The lowest BCUT2D eigenvalue weighted by Crippen LogP contribution is -2.49. The summed E-state index contributed by atoms with van der Waals surface area (Å²) in [6, 6.07) is 25.0. The van der Waals surface area contributed by atoms with Crippen LogP contribution in [0.4, 0.5) is 5.95 Å². The Morgan fingerprint density at radius 2 is 1.53 bits per heavy atom. The third-order valence-electron chi connectivity index (χ3n) is 6.19. The third-order valence-corrected chi connectivity index (χ3v) is 6.42. The number of halogens is 1. The second-order valence-corrected chi connectivity index (χ2v) is 8.70. The Hall–Kier alpha value is -3.97. The summed E-state index contributed by atoms with van der Waals surface area (Å²) in [5.74, 6) is 1.54. The minimum Gasteiger partial charge on any atom is -0.338 e. The van der Waals surface area contributed by atoms with E-state index in [1.165, 1.54) is 0 Å². The number of amides is 1. The first-order valence-corrected chi connectivity index (χ1v) is 11.6. The van der Waals surface area contributed by atoms with Crippen LogP contribution in [0.2, 0.25) is 5.02 Å². The van der Waals surface area contributed by atoms with Crippen molar-refractivity contribution in [3.63, 3.8) is 0 Å². The Bertz CT molecular complexity index is 1490. The fourth-order valence-corrected chi connectivity index (χ4v) is 4.62. The van der Waals surface area contributed by atoms with E-state index in [0.29, 0.717) is 36.8 Å². The minimum atomic E-state index is 0.0536. The lowest BCUT2D eigenvalue weighted by Gasteiger charge is -2.35. The van der Waals surface area contributed by atoms with Crippen LogP contribution in [0.15, 0.2) is 78.9 Å². The van der Waals surface area contributed by atoms with Crippen LogP contribution in [-0.4, -0.2) is 56.6 Å². The van der Waals surface area contributed by atoms with Gasteiger partial charge >= 0.3 is 0 Å². The van der Waals surface area contributed by atoms with E-state index < -0.39 is 0 Å². The number of rotatable bonds is 3. The van der Waals surface area contributed by atoms with Crippen LogP contribution in [0.1, 0.15) is 10.4 Å². The first kappa shape index (κ1) is 20.6. The molecule has 168 valence electrons. The minimum absolute atomic E-state index is 0.0536. The first-order valence-electron chi connectivity index (χ1n) is 11.2. The van der Waals surface area contributed by atoms with Crippen molar-refractivity contribution >= 4 is 40.0 Å². The molecule has 1 amide bonds. The molecule has 3 aromatic carbocycles. The van der Waals surface area contributed by atoms with Crippen LogP contribution < -0.4 is 4.90 Å². The second kappa shape index (κ2) is 8.43. The number of carbonyl (C=O) groups is 1. The van der Waals surface area contributed by atoms with Crippen molar-refractivity contribution in [3.8, 4) is 11.4 Å². The molecule has 0 N–H and O–H groups in total. The van der Waals surface area contributed by atoms with Crippen molar-refractivity contribution in [2.75, 3.05) is 31.1 Å². The molecule has 1 aliphatic heterocycles. The van der Waals surface area contributed by atoms with E-state index in [0.717, 1.165) is 33.9 Å². The Kier molecular flexibility index (Phi) is 5.11. The van der Waals surface area contributed by atoms with E-state index in [4.69, 9.17) is 16.6 Å². The zero-order valence-electron chi connectivity index (χ0n) is 18.3. The van der Waals surface area contributed by atoms with Gasteiger partial charge in [0.1, 0.15) is 0 Å². The fourth-order valence-electron chi connectivity index (χ4n) is 4.45. The van der Waals surface area contributed by atoms with E-state index in [9.17, 15) is 4.79 Å². The predicted octanol–water partition coefficient (Wildman–Crippen LogP) is 4.56. The fraction of sp³-hybridized carbons (Fsp3) is 0.154. The molecule has 7 nitrogen and oxygen atoms in total. The summed E-state index contributed by atoms with van der Waals surface area (Å²) in [6.07, 6.45) is 0. The summed E-state index contributed by atoms with van der Waals surface area (Å²) >= 11 is 6.28. The molecule has 0 unspecified atom stereocenters. The number of fused-ring (bicyclic) bond motifs is 3. The average molecular weight is 469 g/mol. The molecule has 2 aromatic heterocycles. The number of hydrogen-bond donors (Lipinski definition) is 0. The zero-order chi connectivity index (χ0) is 23.1. The maximum Gasteiger partial charge on any atom is 0.253 e. The van der Waals surface area contributed by atoms with Crippen LogP contribution >= 0.6 is 11.6 Å². The van der Waals surface area contributed by atoms with Crippen LogP contribution in [0.3, 0.4) is 0 Å². The van der Waals surface area contributed by atoms with Gasteiger partial charge in [-0.25, -0.2) is 9.38 Å². The zero-order valence-corrected chi connectivity index (χ0v) is 19.1. The Morgan fingerprint density at radius 1 is 0.824 bits per heavy atom. The van der Waals surface area contributed by atoms with Gasteiger partial charge in [-0.1, -0.05) is 60.1 Å². The molecule has 0 spiro atoms. The van der Waals surface area contributed by atoms with Gasteiger partial charge in [-0.3, -0.25) is 4.79 Å². The lowest BCUT2D eigenvalue weighted by atomic mass is 10.2. The van der Waals surface area contributed by atoms with Gasteiger partial charge in [-0.05, 0) is 30.3 Å². The second-order valence-electron chi connectivity index (χ2n) is 8.27. The normalized spacial score (nSPS) is 14.1. The number of piperazine rings is 1. The number of nitrogens with zero attached hydrogens (tertiary/aromatic N) is 6. The van der Waals surface area contributed by atoms with E-state index in [1.807, 2.05) is 88.2 Å². The van der Waals surface area contributed by atoms with Gasteiger partial charge in [-0.2, -0.15) is 0 Å². The number of aromatic nitrogens is 4. The smallest absolute Gasteiger partial charge is 0.253 e. The highest BCUT2D eigenvalue weighted by Crippen LogP contribution is 2.30. The summed E-state index contributed by atoms with van der Waals surface area (Å²) in [7, 11) is 0. The topological polar surface area (TPSA) is 66.6 Å². The van der Waals surface area contributed by atoms with Gasteiger partial charge in [0, 0.05) is 47.7 Å². The standard InChI is InChI=1S/C26H21ClN6O/c27-20-11-12-21-22(17-20)28-26(33-23(29-30-24(21)33)18-7-3-1-4-8-18)32-15-13-31(14-16-32)25(34)19-9-5-2-6-10-19/h1-12,17H,13-16H2. The van der Waals surface area contributed by atoms with E-state index in [2.05, 4.69) is 15.1 Å². The van der Waals surface area contributed by atoms with Gasteiger partial charge in [0.05, 0.1) is 5.52 Å². The molecule has 0 saturated carbocycles. The molecule has 34 heavy (non-hydrogen) atoms. The third kappa shape index (κ3) is 3.54. The highest BCUT2D eigenvalue weighted by molar-refractivity contribution is 6.31. The molecule has 1 aliphatic rings. The highest BCUT2D eigenvalue weighted by Gasteiger charge is 2.26. The summed E-state index contributed by atoms with van der Waals surface area (Å²) < 4.78 is 2.01. The molecule has 5 aromatic rings. The van der Waals surface area contributed by atoms with Gasteiger partial charge in [-0.15, -0.1) is 10.2 Å². The van der Waals surface area contributed by atoms with Crippen LogP contribution in [0.25, 0.3) is 27.9 Å². The largest absolute Gasteiger partial charge is 0.338 e. The summed E-state index contributed by atoms with van der Waals surface area (Å²) in [5.41, 5.74) is 3.18. The van der Waals surface area contributed by atoms with Crippen LogP contribution in [0, 0.1) is 0 Å². The Morgan fingerprint density at radius 3 is 2.26 bits per heavy atom. The van der Waals surface area contributed by atoms with Crippen molar-refractivity contribution in [2.45, 2.75) is 0 Å². The number of carbonyl (C=O) groups excluding carboxylic acids is 1. The molecule has 1 saturated heterocycles. The molecular formula is C26H21ClN6O. The van der Waals surface area contributed by atoms with Gasteiger partial charge in [0.2, 0.25) is 5.95 Å². The van der Waals surface area contributed by atoms with Crippen molar-refractivity contribution in [2.24, 2.45) is 0 Å². The summed E-state index contributed by atoms with van der Waals surface area (Å²) in [6.45, 7) is 2.51. The molecule has 0 radical (unpaired) electrons. The van der Waals surface area contributed by atoms with Crippen LogP contribution in [-0.2, 0) is 0 Å². The van der Waals surface area contributed by atoms with Crippen molar-refractivity contribution in [3.05, 3.63) is 89.4 Å². The van der Waals surface area contributed by atoms with Crippen molar-refractivity contribution in [1.82, 2.24) is 24.5 Å². The van der Waals surface area contributed by atoms with E-state index in [-0.39, 0.29) is 5.91 Å². The SMILES string of the molecule is O=C(c1ccccc1)N1CCN(c2nc3cc(Cl)ccc3c3nnc(-c4ccccc4)n23)CC1. The average Bonchev–Trinajstić information content (AvgIpc) is 3.34. The quantitative estimate of drug-likeness (QED) is 0.388. The lowest BCUT2D eigenvalue weighted by molar-refractivity contribution is 0.0746. The molecule has 6 rings (SSSR count). The van der Waals surface area contributed by atoms with Crippen molar-refractivity contribution in [1.29, 1.82) is 0 Å². The highest BCUT2D eigenvalue weighted by atomic mass is 35.5. The monoisotopic (exact) mass is 468 g/mol. The van der Waals surface area contributed by atoms with E-state index >= 15 is 0 Å². The number of anilines is 1. The summed E-state index contributed by atoms with van der Waals surface area (Å²) in [5, 5.41) is 10.6. The predicted molar refractivity (Wildman–Crippen MR) is 133 cm³/mol. The summed E-state index contributed by atoms with van der Waals surface area (Å²) in [4.78, 5) is 22.0. The number of hydrogen-bond acceptors (Lipinski definition) is 5. The molecule has 0 bridgehead atoms. The Labute approximate surface area is 201 Å². The Balaban J connectivity index is 1.41. The molecule has 0 aliphatic carbocycles. The van der Waals surface area contributed by atoms with Gasteiger partial charge in [0.15, 0.2) is 11.5 Å².